The third-order valence-corrected chi connectivity index (χ3v) is 5.14. The summed E-state index contributed by atoms with van der Waals surface area (Å²) in [4.78, 5) is 30.9. The van der Waals surface area contributed by atoms with Crippen molar-refractivity contribution in [2.24, 2.45) is 5.92 Å². The molecule has 1 fully saturated rings. The summed E-state index contributed by atoms with van der Waals surface area (Å²) >= 11 is 0. The van der Waals surface area contributed by atoms with Crippen molar-refractivity contribution >= 4 is 17.3 Å². The summed E-state index contributed by atoms with van der Waals surface area (Å²) in [5.41, 5.74) is 4.40. The largest absolute Gasteiger partial charge is 0.352 e. The maximum atomic E-state index is 14.4. The van der Waals surface area contributed by atoms with Crippen molar-refractivity contribution in [1.82, 2.24) is 10.0 Å². The minimum Gasteiger partial charge on any atom is -0.352 e. The van der Waals surface area contributed by atoms with Crippen LogP contribution < -0.4 is 16.4 Å². The van der Waals surface area contributed by atoms with Gasteiger partial charge in [0.2, 0.25) is 0 Å². The van der Waals surface area contributed by atoms with Gasteiger partial charge in [-0.1, -0.05) is 36.4 Å². The number of carbonyl (C=O) groups excluding carboxylic acids is 1. The molecule has 1 aliphatic rings. The summed E-state index contributed by atoms with van der Waals surface area (Å²) in [6.07, 6.45) is 3.66. The third kappa shape index (κ3) is 5.38. The van der Waals surface area contributed by atoms with Gasteiger partial charge in [-0.05, 0) is 48.9 Å². The van der Waals surface area contributed by atoms with E-state index in [-0.39, 0.29) is 22.5 Å². The van der Waals surface area contributed by atoms with Gasteiger partial charge in [-0.2, -0.15) is 0 Å². The fourth-order valence-electron chi connectivity index (χ4n) is 3.19. The minimum atomic E-state index is -0.502. The summed E-state index contributed by atoms with van der Waals surface area (Å²) in [6.45, 7) is 2.54. The summed E-state index contributed by atoms with van der Waals surface area (Å²) in [5.74, 6) is -0.492. The van der Waals surface area contributed by atoms with Crippen LogP contribution in [0.1, 0.15) is 34.3 Å². The quantitative estimate of drug-likeness (QED) is 0.536. The number of nitrogens with zero attached hydrogens (tertiary/aromatic N) is 1. The first-order valence-electron chi connectivity index (χ1n) is 10.2. The molecule has 0 aliphatic heterocycles. The molecular formula is C24H24FN3O3. The van der Waals surface area contributed by atoms with E-state index < -0.39 is 11.7 Å². The Balaban J connectivity index is 1.64. The summed E-state index contributed by atoms with van der Waals surface area (Å²) in [5, 5.41) is 2.89. The van der Waals surface area contributed by atoms with Crippen LogP contribution in [0.4, 0.5) is 15.8 Å². The lowest BCUT2D eigenvalue weighted by atomic mass is 10.1. The smallest absolute Gasteiger partial charge is 0.278 e. The molecule has 31 heavy (non-hydrogen) atoms. The molecule has 1 heterocycles. The first-order valence-corrected chi connectivity index (χ1v) is 10.2. The number of hydrogen-bond donors (Lipinski definition) is 2. The molecule has 160 valence electrons. The van der Waals surface area contributed by atoms with Gasteiger partial charge in [-0.3, -0.25) is 14.4 Å². The molecule has 7 heteroatoms. The molecule has 1 aliphatic carbocycles. The van der Waals surface area contributed by atoms with Gasteiger partial charge in [0.15, 0.2) is 0 Å². The minimum absolute atomic E-state index is 0.179. The lowest BCUT2D eigenvalue weighted by Gasteiger charge is -2.15. The van der Waals surface area contributed by atoms with Crippen LogP contribution in [-0.4, -0.2) is 17.1 Å². The normalized spacial score (nSPS) is 13.1. The van der Waals surface area contributed by atoms with Crippen LogP contribution in [0.5, 0.6) is 0 Å². The van der Waals surface area contributed by atoms with Crippen molar-refractivity contribution in [3.05, 3.63) is 93.7 Å². The number of nitrogens with one attached hydrogen (secondary N) is 2. The van der Waals surface area contributed by atoms with Gasteiger partial charge in [-0.15, -0.1) is 0 Å². The highest BCUT2D eigenvalue weighted by atomic mass is 19.1. The molecular weight excluding hydrogens is 397 g/mol. The Hall–Kier alpha value is -3.45. The van der Waals surface area contributed by atoms with E-state index in [0.29, 0.717) is 19.1 Å². The number of halogens is 1. The number of benzene rings is 2. The number of aromatic nitrogens is 1. The molecule has 0 saturated heterocycles. The number of amides is 1. The summed E-state index contributed by atoms with van der Waals surface area (Å²) in [6, 6.07) is 15.5. The van der Waals surface area contributed by atoms with Gasteiger partial charge in [-0.25, -0.2) is 9.87 Å². The van der Waals surface area contributed by atoms with Crippen LogP contribution in [0.2, 0.25) is 0 Å². The summed E-state index contributed by atoms with van der Waals surface area (Å²) in [7, 11) is 0. The van der Waals surface area contributed by atoms with Gasteiger partial charge in [0.05, 0.1) is 30.1 Å². The van der Waals surface area contributed by atoms with Crippen molar-refractivity contribution < 1.29 is 14.0 Å². The van der Waals surface area contributed by atoms with E-state index in [1.54, 1.807) is 19.1 Å². The lowest BCUT2D eigenvalue weighted by molar-refractivity contribution is 0.0270. The molecule has 1 aromatic heterocycles. The number of carbonyl (C=O) groups is 1. The van der Waals surface area contributed by atoms with Crippen LogP contribution in [0.15, 0.2) is 65.6 Å². The van der Waals surface area contributed by atoms with Crippen LogP contribution in [0.3, 0.4) is 0 Å². The summed E-state index contributed by atoms with van der Waals surface area (Å²) < 4.78 is 15.8. The maximum absolute atomic E-state index is 14.4. The number of hydroxylamine groups is 1. The Bertz CT molecular complexity index is 1140. The highest BCUT2D eigenvalue weighted by Gasteiger charge is 2.22. The molecule has 0 unspecified atom stereocenters. The number of hydrogen-bond acceptors (Lipinski definition) is 4. The number of pyridine rings is 1. The number of rotatable bonds is 8. The van der Waals surface area contributed by atoms with Crippen LogP contribution >= 0.6 is 0 Å². The van der Waals surface area contributed by atoms with E-state index in [9.17, 15) is 14.0 Å². The van der Waals surface area contributed by atoms with E-state index >= 15 is 0 Å². The van der Waals surface area contributed by atoms with Gasteiger partial charge >= 0.3 is 0 Å². The SMILES string of the molecule is Cc1ccc(Nc2cc(=O)n(Cc3ccccc3)cc2C(=O)NOCC2CC2)c(F)c1. The Morgan fingerprint density at radius 3 is 2.61 bits per heavy atom. The Labute approximate surface area is 179 Å². The molecule has 2 aromatic carbocycles. The predicted octanol–water partition coefficient (Wildman–Crippen LogP) is 4.16. The van der Waals surface area contributed by atoms with Crippen LogP contribution in [0, 0.1) is 18.7 Å². The van der Waals surface area contributed by atoms with Crippen molar-refractivity contribution in [2.75, 3.05) is 11.9 Å². The van der Waals surface area contributed by atoms with E-state index in [1.807, 2.05) is 30.3 Å². The average Bonchev–Trinajstić information content (AvgIpc) is 3.57. The molecule has 4 rings (SSSR count). The highest BCUT2D eigenvalue weighted by Crippen LogP contribution is 2.28. The molecule has 1 saturated carbocycles. The van der Waals surface area contributed by atoms with Crippen molar-refractivity contribution in [3.63, 3.8) is 0 Å². The van der Waals surface area contributed by atoms with Gasteiger partial charge in [0.25, 0.3) is 11.5 Å². The van der Waals surface area contributed by atoms with Gasteiger partial charge in [0.1, 0.15) is 5.82 Å². The lowest BCUT2D eigenvalue weighted by Crippen LogP contribution is -2.29. The van der Waals surface area contributed by atoms with E-state index in [4.69, 9.17) is 4.84 Å². The Morgan fingerprint density at radius 1 is 1.13 bits per heavy atom. The second-order valence-electron chi connectivity index (χ2n) is 7.85. The van der Waals surface area contributed by atoms with E-state index in [0.717, 1.165) is 24.0 Å². The van der Waals surface area contributed by atoms with Gasteiger partial charge < -0.3 is 9.88 Å². The third-order valence-electron chi connectivity index (χ3n) is 5.14. The topological polar surface area (TPSA) is 72.4 Å². The average molecular weight is 421 g/mol. The standard InChI is InChI=1S/C24H24FN3O3/c1-16-7-10-21(20(25)11-16)26-22-12-23(29)28(13-17-5-3-2-4-6-17)14-19(22)24(30)27-31-15-18-8-9-18/h2-7,10-12,14,18,26H,8-9,13,15H2,1H3,(H,27,30). The van der Waals surface area contributed by atoms with Gasteiger partial charge in [0, 0.05) is 12.3 Å². The second-order valence-corrected chi connectivity index (χ2v) is 7.85. The Morgan fingerprint density at radius 2 is 1.90 bits per heavy atom. The second kappa shape index (κ2) is 9.14. The zero-order valence-electron chi connectivity index (χ0n) is 17.2. The molecule has 2 N–H and O–H groups in total. The molecule has 0 radical (unpaired) electrons. The van der Waals surface area contributed by atoms with Crippen molar-refractivity contribution in [3.8, 4) is 0 Å². The number of aryl methyl sites for hydroxylation is 1. The molecule has 0 bridgehead atoms. The van der Waals surface area contributed by atoms with E-state index in [1.165, 1.54) is 22.9 Å². The van der Waals surface area contributed by atoms with Crippen LogP contribution in [-0.2, 0) is 11.4 Å². The predicted molar refractivity (Wildman–Crippen MR) is 117 cm³/mol. The first-order chi connectivity index (χ1) is 15.0. The van der Waals surface area contributed by atoms with Crippen LogP contribution in [0.25, 0.3) is 0 Å². The molecule has 0 spiro atoms. The maximum Gasteiger partial charge on any atom is 0.278 e. The number of anilines is 2. The zero-order valence-corrected chi connectivity index (χ0v) is 17.2. The first kappa shape index (κ1) is 20.8. The highest BCUT2D eigenvalue weighted by molar-refractivity contribution is 5.99. The fourth-order valence-corrected chi connectivity index (χ4v) is 3.19. The fraction of sp³-hybridized carbons (Fsp3) is 0.250. The van der Waals surface area contributed by atoms with E-state index in [2.05, 4.69) is 10.8 Å². The monoisotopic (exact) mass is 421 g/mol. The zero-order chi connectivity index (χ0) is 21.8. The molecule has 1 amide bonds. The molecule has 0 atom stereocenters. The molecule has 6 nitrogen and oxygen atoms in total. The Kier molecular flexibility index (Phi) is 6.13. The molecule has 3 aromatic rings. The van der Waals surface area contributed by atoms with Crippen molar-refractivity contribution in [1.29, 1.82) is 0 Å². The van der Waals surface area contributed by atoms with Crippen molar-refractivity contribution in [2.45, 2.75) is 26.3 Å².